The molecule has 0 atom stereocenters. The molecular formula is C21H25FN8O2S. The Morgan fingerprint density at radius 2 is 1.91 bits per heavy atom. The minimum atomic E-state index is -3.88. The molecule has 5 rings (SSSR count). The second-order valence-electron chi connectivity index (χ2n) is 8.79. The molecule has 1 spiro atoms. The monoisotopic (exact) mass is 472 g/mol. The zero-order valence-electron chi connectivity index (χ0n) is 18.4. The highest BCUT2D eigenvalue weighted by Gasteiger charge is 2.46. The van der Waals surface area contributed by atoms with E-state index in [0.717, 1.165) is 30.5 Å². The number of sulfonamides is 1. The minimum Gasteiger partial charge on any atom is -0.323 e. The normalized spacial score (nSPS) is 18.0. The average Bonchev–Trinajstić information content (AvgIpc) is 3.16. The summed E-state index contributed by atoms with van der Waals surface area (Å²) in [6.07, 6.45) is 7.27. The molecule has 12 heteroatoms. The van der Waals surface area contributed by atoms with Crippen LogP contribution in [-0.2, 0) is 15.6 Å². The van der Waals surface area contributed by atoms with Crippen LogP contribution in [0.15, 0.2) is 40.7 Å². The van der Waals surface area contributed by atoms with Crippen molar-refractivity contribution in [1.29, 1.82) is 0 Å². The molecule has 0 bridgehead atoms. The number of nitrogens with two attached hydrogens (primary N) is 1. The molecule has 0 radical (unpaired) electrons. The van der Waals surface area contributed by atoms with Crippen LogP contribution in [0.2, 0.25) is 0 Å². The Morgan fingerprint density at radius 1 is 1.15 bits per heavy atom. The van der Waals surface area contributed by atoms with E-state index in [-0.39, 0.29) is 17.0 Å². The van der Waals surface area contributed by atoms with Gasteiger partial charge in [0.1, 0.15) is 17.0 Å². The fourth-order valence-electron chi connectivity index (χ4n) is 4.66. The van der Waals surface area contributed by atoms with E-state index in [9.17, 15) is 8.42 Å². The fraction of sp³-hybridized carbons (Fsp3) is 0.429. The van der Waals surface area contributed by atoms with Gasteiger partial charge in [-0.05, 0) is 44.9 Å². The number of anilines is 3. The summed E-state index contributed by atoms with van der Waals surface area (Å²) in [6, 6.07) is 4.75. The highest BCUT2D eigenvalue weighted by atomic mass is 32.2. The number of primary sulfonamides is 1. The number of nitrogens with zero attached hydrogens (tertiary/aromatic N) is 6. The molecule has 0 unspecified atom stereocenters. The Morgan fingerprint density at radius 3 is 2.55 bits per heavy atom. The molecule has 0 amide bonds. The van der Waals surface area contributed by atoms with Gasteiger partial charge in [0.15, 0.2) is 5.03 Å². The molecule has 3 aromatic heterocycles. The Hall–Kier alpha value is -3.12. The Balaban J connectivity index is 1.59. The van der Waals surface area contributed by atoms with Crippen molar-refractivity contribution in [3.8, 4) is 0 Å². The first-order valence-electron chi connectivity index (χ1n) is 10.9. The SMILES string of the molecule is CC(C)N1N=C(F)C2(CCCCC2)n2c1cc1cnc(Nc3ccc(S(N)(=O)=O)nc3)nc12. The van der Waals surface area contributed by atoms with Crippen molar-refractivity contribution in [2.45, 2.75) is 62.6 Å². The number of hydrogen-bond acceptors (Lipinski definition) is 8. The average molecular weight is 473 g/mol. The third-order valence-electron chi connectivity index (χ3n) is 6.22. The van der Waals surface area contributed by atoms with E-state index in [2.05, 4.69) is 20.4 Å². The third kappa shape index (κ3) is 3.62. The molecule has 0 saturated heterocycles. The maximum atomic E-state index is 15.6. The first kappa shape index (κ1) is 21.7. The number of hydrogen-bond donors (Lipinski definition) is 2. The van der Waals surface area contributed by atoms with E-state index >= 15 is 4.39 Å². The lowest BCUT2D eigenvalue weighted by molar-refractivity contribution is 0.261. The molecule has 2 aliphatic rings. The fourth-order valence-corrected chi connectivity index (χ4v) is 5.11. The van der Waals surface area contributed by atoms with Gasteiger partial charge < -0.3 is 5.32 Å². The number of fused-ring (bicyclic) bond motifs is 4. The summed E-state index contributed by atoms with van der Waals surface area (Å²) in [5.74, 6) is 0.712. The Kier molecular flexibility index (Phi) is 5.09. The molecule has 33 heavy (non-hydrogen) atoms. The molecule has 174 valence electrons. The predicted molar refractivity (Wildman–Crippen MR) is 124 cm³/mol. The largest absolute Gasteiger partial charge is 0.323 e. The van der Waals surface area contributed by atoms with E-state index in [0.29, 0.717) is 30.1 Å². The van der Waals surface area contributed by atoms with Crippen LogP contribution >= 0.6 is 0 Å². The molecule has 1 aliphatic heterocycles. The van der Waals surface area contributed by atoms with Gasteiger partial charge in [-0.3, -0.25) is 4.57 Å². The molecule has 4 heterocycles. The van der Waals surface area contributed by atoms with Gasteiger partial charge in [0, 0.05) is 17.6 Å². The number of nitrogens with one attached hydrogen (secondary N) is 1. The topological polar surface area (TPSA) is 131 Å². The summed E-state index contributed by atoms with van der Waals surface area (Å²) in [7, 11) is -3.88. The zero-order chi connectivity index (χ0) is 23.4. The van der Waals surface area contributed by atoms with Crippen LogP contribution in [0.5, 0.6) is 0 Å². The lowest BCUT2D eigenvalue weighted by Crippen LogP contribution is -2.48. The summed E-state index contributed by atoms with van der Waals surface area (Å²) in [6.45, 7) is 3.93. The second kappa shape index (κ2) is 7.73. The van der Waals surface area contributed by atoms with Crippen LogP contribution in [0.3, 0.4) is 0 Å². The lowest BCUT2D eigenvalue weighted by Gasteiger charge is -2.43. The number of halogens is 1. The van der Waals surface area contributed by atoms with Crippen LogP contribution in [-0.4, -0.2) is 39.9 Å². The van der Waals surface area contributed by atoms with E-state index in [1.807, 2.05) is 24.5 Å². The van der Waals surface area contributed by atoms with Gasteiger partial charge in [-0.2, -0.15) is 9.37 Å². The maximum Gasteiger partial charge on any atom is 0.255 e. The zero-order valence-corrected chi connectivity index (χ0v) is 19.2. The van der Waals surface area contributed by atoms with Crippen LogP contribution < -0.4 is 15.5 Å². The van der Waals surface area contributed by atoms with Gasteiger partial charge in [-0.1, -0.05) is 19.3 Å². The number of hydrazone groups is 1. The molecule has 0 aromatic carbocycles. The quantitative estimate of drug-likeness (QED) is 0.595. The van der Waals surface area contributed by atoms with Crippen molar-refractivity contribution in [2.24, 2.45) is 10.2 Å². The van der Waals surface area contributed by atoms with Crippen molar-refractivity contribution in [3.05, 3.63) is 30.6 Å². The number of pyridine rings is 1. The Labute approximate surface area is 190 Å². The van der Waals surface area contributed by atoms with E-state index < -0.39 is 15.6 Å². The van der Waals surface area contributed by atoms with Crippen molar-refractivity contribution in [2.75, 3.05) is 10.3 Å². The van der Waals surface area contributed by atoms with Gasteiger partial charge in [0.05, 0.1) is 11.9 Å². The highest BCUT2D eigenvalue weighted by Crippen LogP contribution is 2.46. The molecule has 1 aliphatic carbocycles. The summed E-state index contributed by atoms with van der Waals surface area (Å²) in [5.41, 5.74) is 0.274. The number of aromatic nitrogens is 4. The maximum absolute atomic E-state index is 15.6. The first-order chi connectivity index (χ1) is 15.7. The molecule has 3 aromatic rings. The second-order valence-corrected chi connectivity index (χ2v) is 10.3. The van der Waals surface area contributed by atoms with Gasteiger partial charge in [-0.15, -0.1) is 5.10 Å². The number of rotatable bonds is 4. The van der Waals surface area contributed by atoms with Crippen molar-refractivity contribution < 1.29 is 12.8 Å². The summed E-state index contributed by atoms with van der Waals surface area (Å²) < 4.78 is 40.4. The molecular weight excluding hydrogens is 447 g/mol. The van der Waals surface area contributed by atoms with Crippen molar-refractivity contribution >= 4 is 44.5 Å². The van der Waals surface area contributed by atoms with Crippen LogP contribution in [0.1, 0.15) is 46.0 Å². The van der Waals surface area contributed by atoms with Crippen LogP contribution in [0.25, 0.3) is 11.0 Å². The minimum absolute atomic E-state index is 0.0336. The van der Waals surface area contributed by atoms with Gasteiger partial charge >= 0.3 is 0 Å². The van der Waals surface area contributed by atoms with Crippen LogP contribution in [0.4, 0.5) is 21.8 Å². The smallest absolute Gasteiger partial charge is 0.255 e. The standard InChI is InChI=1S/C21H25FN8O2S/c1-13(2)30-17-10-14-11-25-20(26-15-6-7-16(24-12-15)33(23,31)32)27-18(14)29(17)21(19(22)28-30)8-4-3-5-9-21/h6-7,10-13H,3-5,8-9H2,1-2H3,(H2,23,31,32)(H,25,26,27). The van der Waals surface area contributed by atoms with E-state index in [1.54, 1.807) is 11.2 Å². The molecule has 10 nitrogen and oxygen atoms in total. The van der Waals surface area contributed by atoms with Gasteiger partial charge in [-0.25, -0.2) is 28.5 Å². The lowest BCUT2D eigenvalue weighted by atomic mass is 9.81. The highest BCUT2D eigenvalue weighted by molar-refractivity contribution is 7.89. The van der Waals surface area contributed by atoms with E-state index in [4.69, 9.17) is 10.1 Å². The summed E-state index contributed by atoms with van der Waals surface area (Å²) in [5, 5.41) is 14.7. The van der Waals surface area contributed by atoms with E-state index in [1.165, 1.54) is 18.3 Å². The first-order valence-corrected chi connectivity index (χ1v) is 12.4. The molecule has 1 fully saturated rings. The summed E-state index contributed by atoms with van der Waals surface area (Å²) in [4.78, 5) is 13.0. The van der Waals surface area contributed by atoms with Crippen LogP contribution in [0, 0.1) is 0 Å². The van der Waals surface area contributed by atoms with Gasteiger partial charge in [0.2, 0.25) is 11.9 Å². The Bertz CT molecular complexity index is 1340. The molecule has 3 N–H and O–H groups in total. The predicted octanol–water partition coefficient (Wildman–Crippen LogP) is 3.39. The van der Waals surface area contributed by atoms with Crippen molar-refractivity contribution in [3.63, 3.8) is 0 Å². The molecule has 1 saturated carbocycles. The third-order valence-corrected chi connectivity index (χ3v) is 7.04. The van der Waals surface area contributed by atoms with Gasteiger partial charge in [0.25, 0.3) is 10.0 Å². The van der Waals surface area contributed by atoms with Crippen molar-refractivity contribution in [1.82, 2.24) is 19.5 Å². The summed E-state index contributed by atoms with van der Waals surface area (Å²) >= 11 is 0.